The number of hydrogen-bond acceptors (Lipinski definition) is 5. The molecule has 5 rings (SSSR count). The molecule has 1 aromatic carbocycles. The van der Waals surface area contributed by atoms with Crippen LogP contribution >= 0.6 is 0 Å². The van der Waals surface area contributed by atoms with Gasteiger partial charge < -0.3 is 9.64 Å². The zero-order valence-electron chi connectivity index (χ0n) is 17.3. The first-order valence-corrected chi connectivity index (χ1v) is 11.3. The molecule has 3 fully saturated rings. The van der Waals surface area contributed by atoms with Crippen LogP contribution in [0.4, 0.5) is 5.69 Å². The lowest BCUT2D eigenvalue weighted by atomic mass is 9.99. The molecule has 0 radical (unpaired) electrons. The molecule has 6 heteroatoms. The van der Waals surface area contributed by atoms with Crippen LogP contribution in [0.25, 0.3) is 10.9 Å². The van der Waals surface area contributed by atoms with Gasteiger partial charge in [0.1, 0.15) is 0 Å². The summed E-state index contributed by atoms with van der Waals surface area (Å²) in [5, 5.41) is 0.751. The first kappa shape index (κ1) is 19.1. The van der Waals surface area contributed by atoms with Crippen LogP contribution in [0.2, 0.25) is 0 Å². The van der Waals surface area contributed by atoms with Crippen molar-refractivity contribution in [3.05, 3.63) is 34.9 Å². The van der Waals surface area contributed by atoms with E-state index in [0.29, 0.717) is 6.04 Å². The molecule has 29 heavy (non-hydrogen) atoms. The van der Waals surface area contributed by atoms with Crippen molar-refractivity contribution in [2.45, 2.75) is 44.6 Å². The van der Waals surface area contributed by atoms with E-state index in [9.17, 15) is 4.79 Å². The van der Waals surface area contributed by atoms with Gasteiger partial charge in [0.2, 0.25) is 0 Å². The maximum Gasteiger partial charge on any atom is 0.261 e. The van der Waals surface area contributed by atoms with Crippen LogP contribution in [0.1, 0.15) is 44.6 Å². The number of rotatable bonds is 4. The Morgan fingerprint density at radius 1 is 1.00 bits per heavy atom. The zero-order chi connectivity index (χ0) is 19.6. The SMILES string of the molecule is O=c1c2ccc(N3CCN(CC4CCOCC4)CC3)cc2ncn1C1CCCC1. The lowest BCUT2D eigenvalue weighted by Crippen LogP contribution is -2.48. The van der Waals surface area contributed by atoms with Crippen molar-refractivity contribution in [1.82, 2.24) is 14.5 Å². The molecule has 0 unspecified atom stereocenters. The van der Waals surface area contributed by atoms with Crippen LogP contribution in [0.3, 0.4) is 0 Å². The van der Waals surface area contributed by atoms with Gasteiger partial charge in [-0.2, -0.15) is 0 Å². The number of piperazine rings is 1. The highest BCUT2D eigenvalue weighted by molar-refractivity contribution is 5.81. The Bertz CT molecular complexity index is 891. The second kappa shape index (κ2) is 8.44. The number of aromatic nitrogens is 2. The highest BCUT2D eigenvalue weighted by atomic mass is 16.5. The van der Waals surface area contributed by atoms with Crippen LogP contribution in [-0.4, -0.2) is 60.4 Å². The van der Waals surface area contributed by atoms with Crippen molar-refractivity contribution in [3.8, 4) is 0 Å². The first-order chi connectivity index (χ1) is 14.3. The molecule has 2 aromatic rings. The topological polar surface area (TPSA) is 50.6 Å². The highest BCUT2D eigenvalue weighted by Crippen LogP contribution is 2.29. The molecule has 1 aliphatic carbocycles. The van der Waals surface area contributed by atoms with E-state index in [4.69, 9.17) is 4.74 Å². The summed E-state index contributed by atoms with van der Waals surface area (Å²) in [6.45, 7) is 7.34. The van der Waals surface area contributed by atoms with Crippen LogP contribution in [0, 0.1) is 5.92 Å². The minimum absolute atomic E-state index is 0.120. The predicted molar refractivity (Wildman–Crippen MR) is 116 cm³/mol. The normalized spacial score (nSPS) is 22.6. The van der Waals surface area contributed by atoms with E-state index in [-0.39, 0.29) is 5.56 Å². The summed E-state index contributed by atoms with van der Waals surface area (Å²) in [4.78, 5) is 22.6. The van der Waals surface area contributed by atoms with Gasteiger partial charge in [-0.15, -0.1) is 0 Å². The fourth-order valence-corrected chi connectivity index (χ4v) is 5.25. The molecule has 2 aliphatic heterocycles. The van der Waals surface area contributed by atoms with Gasteiger partial charge in [-0.3, -0.25) is 14.3 Å². The number of hydrogen-bond donors (Lipinski definition) is 0. The molecule has 0 bridgehead atoms. The molecular weight excluding hydrogens is 364 g/mol. The molecule has 0 spiro atoms. The van der Waals surface area contributed by atoms with E-state index in [0.717, 1.165) is 69.1 Å². The molecule has 3 aliphatic rings. The lowest BCUT2D eigenvalue weighted by Gasteiger charge is -2.38. The molecule has 2 saturated heterocycles. The quantitative estimate of drug-likeness (QED) is 0.795. The second-order valence-corrected chi connectivity index (χ2v) is 8.94. The molecule has 0 N–H and O–H groups in total. The summed E-state index contributed by atoms with van der Waals surface area (Å²) in [6, 6.07) is 6.53. The van der Waals surface area contributed by atoms with Crippen molar-refractivity contribution in [2.24, 2.45) is 5.92 Å². The van der Waals surface area contributed by atoms with Gasteiger partial charge in [0, 0.05) is 57.7 Å². The van der Waals surface area contributed by atoms with Crippen molar-refractivity contribution >= 4 is 16.6 Å². The second-order valence-electron chi connectivity index (χ2n) is 8.94. The van der Waals surface area contributed by atoms with E-state index < -0.39 is 0 Å². The van der Waals surface area contributed by atoms with Crippen LogP contribution in [0.15, 0.2) is 29.3 Å². The molecule has 0 atom stereocenters. The standard InChI is InChI=1S/C23H32N4O2/c28-23-21-6-5-20(15-22(21)24-17-27(23)19-3-1-2-4-19)26-11-9-25(10-12-26)16-18-7-13-29-14-8-18/h5-6,15,17-19H,1-4,7-14,16H2. The van der Waals surface area contributed by atoms with E-state index in [1.165, 1.54) is 37.9 Å². The number of ether oxygens (including phenoxy) is 1. The van der Waals surface area contributed by atoms with E-state index in [1.54, 1.807) is 6.33 Å². The minimum atomic E-state index is 0.120. The Morgan fingerprint density at radius 3 is 2.52 bits per heavy atom. The van der Waals surface area contributed by atoms with Crippen molar-refractivity contribution in [1.29, 1.82) is 0 Å². The molecule has 1 saturated carbocycles. The molecule has 6 nitrogen and oxygen atoms in total. The third kappa shape index (κ3) is 4.05. The first-order valence-electron chi connectivity index (χ1n) is 11.3. The van der Waals surface area contributed by atoms with E-state index >= 15 is 0 Å². The van der Waals surface area contributed by atoms with Crippen LogP contribution in [-0.2, 0) is 4.74 Å². The predicted octanol–water partition coefficient (Wildman–Crippen LogP) is 3.06. The Balaban J connectivity index is 1.26. The lowest BCUT2D eigenvalue weighted by molar-refractivity contribution is 0.0517. The summed E-state index contributed by atoms with van der Waals surface area (Å²) in [6.07, 6.45) is 8.82. The molecule has 156 valence electrons. The molecular formula is C23H32N4O2. The number of benzene rings is 1. The van der Waals surface area contributed by atoms with Crippen molar-refractivity contribution in [3.63, 3.8) is 0 Å². The third-order valence-electron chi connectivity index (χ3n) is 7.08. The fourth-order valence-electron chi connectivity index (χ4n) is 5.25. The number of anilines is 1. The third-order valence-corrected chi connectivity index (χ3v) is 7.08. The Morgan fingerprint density at radius 2 is 1.76 bits per heavy atom. The minimum Gasteiger partial charge on any atom is -0.381 e. The van der Waals surface area contributed by atoms with Gasteiger partial charge in [-0.1, -0.05) is 12.8 Å². The monoisotopic (exact) mass is 396 g/mol. The van der Waals surface area contributed by atoms with Gasteiger partial charge in [-0.25, -0.2) is 4.98 Å². The van der Waals surface area contributed by atoms with Gasteiger partial charge in [-0.05, 0) is 49.8 Å². The fraction of sp³-hybridized carbons (Fsp3) is 0.652. The number of nitrogens with zero attached hydrogens (tertiary/aromatic N) is 4. The Hall–Kier alpha value is -1.92. The number of fused-ring (bicyclic) bond motifs is 1. The maximum atomic E-state index is 12.9. The summed E-state index contributed by atoms with van der Waals surface area (Å²) >= 11 is 0. The smallest absolute Gasteiger partial charge is 0.261 e. The van der Waals surface area contributed by atoms with Crippen molar-refractivity contribution in [2.75, 3.05) is 50.8 Å². The summed E-state index contributed by atoms with van der Waals surface area (Å²) in [5.74, 6) is 0.794. The molecule has 3 heterocycles. The zero-order valence-corrected chi connectivity index (χ0v) is 17.3. The van der Waals surface area contributed by atoms with Gasteiger partial charge in [0.05, 0.1) is 17.2 Å². The maximum absolute atomic E-state index is 12.9. The van der Waals surface area contributed by atoms with Gasteiger partial charge >= 0.3 is 0 Å². The molecule has 0 amide bonds. The Labute approximate surface area is 172 Å². The van der Waals surface area contributed by atoms with Crippen LogP contribution in [0.5, 0.6) is 0 Å². The summed E-state index contributed by atoms with van der Waals surface area (Å²) < 4.78 is 7.35. The van der Waals surface area contributed by atoms with Gasteiger partial charge in [0.15, 0.2) is 0 Å². The van der Waals surface area contributed by atoms with E-state index in [2.05, 4.69) is 26.9 Å². The van der Waals surface area contributed by atoms with Crippen LogP contribution < -0.4 is 10.5 Å². The highest BCUT2D eigenvalue weighted by Gasteiger charge is 2.23. The average molecular weight is 397 g/mol. The summed E-state index contributed by atoms with van der Waals surface area (Å²) in [7, 11) is 0. The van der Waals surface area contributed by atoms with Crippen molar-refractivity contribution < 1.29 is 4.74 Å². The Kier molecular flexibility index (Phi) is 5.55. The van der Waals surface area contributed by atoms with E-state index in [1.807, 2.05) is 10.6 Å². The average Bonchev–Trinajstić information content (AvgIpc) is 3.30. The summed E-state index contributed by atoms with van der Waals surface area (Å²) in [5.41, 5.74) is 2.13. The largest absolute Gasteiger partial charge is 0.381 e. The molecule has 1 aromatic heterocycles. The van der Waals surface area contributed by atoms with Gasteiger partial charge in [0.25, 0.3) is 5.56 Å².